The van der Waals surface area contributed by atoms with Crippen molar-refractivity contribution in [2.75, 3.05) is 21.2 Å². The lowest BCUT2D eigenvalue weighted by Crippen LogP contribution is -2.66. The fourth-order valence-corrected chi connectivity index (χ4v) is 4.08. The van der Waals surface area contributed by atoms with Crippen LogP contribution in [0.15, 0.2) is 64.8 Å². The summed E-state index contributed by atoms with van der Waals surface area (Å²) >= 11 is 0. The molecule has 0 radical (unpaired) electrons. The van der Waals surface area contributed by atoms with E-state index in [0.717, 1.165) is 21.4 Å². The second kappa shape index (κ2) is 6.69. The molecular formula is C22H20N6O3. The molecule has 2 N–H and O–H groups in total. The zero-order chi connectivity index (χ0) is 21.8. The highest BCUT2D eigenvalue weighted by Crippen LogP contribution is 2.40. The number of para-hydroxylation sites is 1. The maximum Gasteiger partial charge on any atom is 0.331 e. The van der Waals surface area contributed by atoms with Gasteiger partial charge in [0.25, 0.3) is 5.91 Å². The van der Waals surface area contributed by atoms with E-state index < -0.39 is 17.5 Å². The van der Waals surface area contributed by atoms with Crippen LogP contribution in [0.2, 0.25) is 0 Å². The average Bonchev–Trinajstić information content (AvgIpc) is 3.25. The van der Waals surface area contributed by atoms with Gasteiger partial charge in [-0.25, -0.2) is 9.79 Å². The number of hydrazone groups is 1. The van der Waals surface area contributed by atoms with Crippen LogP contribution in [-0.2, 0) is 10.3 Å². The number of aliphatic imine (C=N–C) groups is 1. The second-order valence-electron chi connectivity index (χ2n) is 7.40. The summed E-state index contributed by atoms with van der Waals surface area (Å²) in [6, 6.07) is 14.5. The van der Waals surface area contributed by atoms with Crippen molar-refractivity contribution in [2.24, 2.45) is 10.1 Å². The maximum atomic E-state index is 13.7. The monoisotopic (exact) mass is 416 g/mol. The van der Waals surface area contributed by atoms with E-state index in [0.29, 0.717) is 17.1 Å². The number of hydrogen-bond donors (Lipinski definition) is 2. The summed E-state index contributed by atoms with van der Waals surface area (Å²) in [6.45, 7) is 0. The molecule has 1 saturated heterocycles. The van der Waals surface area contributed by atoms with Gasteiger partial charge in [-0.15, -0.1) is 0 Å². The Labute approximate surface area is 178 Å². The summed E-state index contributed by atoms with van der Waals surface area (Å²) in [5, 5.41) is 5.28. The minimum atomic E-state index is -1.52. The van der Waals surface area contributed by atoms with Gasteiger partial charge in [0.15, 0.2) is 11.7 Å². The lowest BCUT2D eigenvalue weighted by Gasteiger charge is -2.43. The zero-order valence-electron chi connectivity index (χ0n) is 17.2. The van der Waals surface area contributed by atoms with Crippen LogP contribution in [0.25, 0.3) is 10.9 Å². The number of amides is 3. The first-order valence-electron chi connectivity index (χ1n) is 9.68. The molecule has 31 heavy (non-hydrogen) atoms. The van der Waals surface area contributed by atoms with Gasteiger partial charge in [-0.1, -0.05) is 18.2 Å². The number of nitrogens with one attached hydrogen (secondary N) is 2. The van der Waals surface area contributed by atoms with Crippen LogP contribution < -0.4 is 10.2 Å². The van der Waals surface area contributed by atoms with Crippen LogP contribution in [-0.4, -0.2) is 59.6 Å². The van der Waals surface area contributed by atoms with Crippen molar-refractivity contribution < 1.29 is 14.3 Å². The summed E-state index contributed by atoms with van der Waals surface area (Å²) in [4.78, 5) is 36.9. The number of H-pyrrole nitrogens is 1. The summed E-state index contributed by atoms with van der Waals surface area (Å²) in [7, 11) is 4.64. The van der Waals surface area contributed by atoms with E-state index in [-0.39, 0.29) is 5.84 Å². The molecule has 0 bridgehead atoms. The largest absolute Gasteiger partial charge is 0.497 e. The third-order valence-corrected chi connectivity index (χ3v) is 5.72. The molecule has 2 aliphatic rings. The van der Waals surface area contributed by atoms with Crippen LogP contribution >= 0.6 is 0 Å². The SMILES string of the molecule is COc1ccc(C2=NC3(c4c[nH]c5ccccc45)C(=O)N(C)C(=O)N(C)C3=NN2)cc1. The Bertz CT molecular complexity index is 1280. The maximum absolute atomic E-state index is 13.7. The molecular weight excluding hydrogens is 396 g/mol. The molecule has 0 spiro atoms. The quantitative estimate of drug-likeness (QED) is 0.684. The minimum absolute atomic E-state index is 0.225. The van der Waals surface area contributed by atoms with E-state index >= 15 is 0 Å². The number of benzene rings is 2. The van der Waals surface area contributed by atoms with Gasteiger partial charge in [-0.3, -0.25) is 20.0 Å². The number of amidine groups is 2. The number of urea groups is 1. The molecule has 9 heteroatoms. The van der Waals surface area contributed by atoms with Crippen LogP contribution in [0.3, 0.4) is 0 Å². The lowest BCUT2D eigenvalue weighted by atomic mass is 9.84. The van der Waals surface area contributed by atoms with E-state index in [4.69, 9.17) is 9.73 Å². The predicted molar refractivity (Wildman–Crippen MR) is 116 cm³/mol. The van der Waals surface area contributed by atoms with E-state index in [1.54, 1.807) is 20.4 Å². The molecule has 2 aliphatic heterocycles. The van der Waals surface area contributed by atoms with Crippen molar-refractivity contribution in [2.45, 2.75) is 5.54 Å². The summed E-state index contributed by atoms with van der Waals surface area (Å²) in [6.07, 6.45) is 1.76. The third-order valence-electron chi connectivity index (χ3n) is 5.72. The zero-order valence-corrected chi connectivity index (χ0v) is 17.2. The third kappa shape index (κ3) is 2.56. The topological polar surface area (TPSA) is 102 Å². The van der Waals surface area contributed by atoms with E-state index in [1.807, 2.05) is 48.5 Å². The first kappa shape index (κ1) is 18.9. The van der Waals surface area contributed by atoms with Gasteiger partial charge >= 0.3 is 6.03 Å². The lowest BCUT2D eigenvalue weighted by molar-refractivity contribution is -0.132. The van der Waals surface area contributed by atoms with Gasteiger partial charge < -0.3 is 9.72 Å². The molecule has 5 rings (SSSR count). The normalized spacial score (nSPS) is 20.9. The van der Waals surface area contributed by atoms with E-state index in [1.165, 1.54) is 11.9 Å². The van der Waals surface area contributed by atoms with Gasteiger partial charge in [0.05, 0.1) is 7.11 Å². The van der Waals surface area contributed by atoms with Crippen molar-refractivity contribution in [3.8, 4) is 5.75 Å². The average molecular weight is 416 g/mol. The Morgan fingerprint density at radius 1 is 1.00 bits per heavy atom. The number of imide groups is 1. The van der Waals surface area contributed by atoms with Crippen molar-refractivity contribution in [1.29, 1.82) is 0 Å². The highest BCUT2D eigenvalue weighted by Gasteiger charge is 2.57. The number of aromatic amines is 1. The van der Waals surface area contributed by atoms with Gasteiger partial charge in [-0.05, 0) is 30.3 Å². The smallest absolute Gasteiger partial charge is 0.331 e. The first-order chi connectivity index (χ1) is 15.0. The van der Waals surface area contributed by atoms with Crippen LogP contribution in [0.4, 0.5) is 4.79 Å². The Morgan fingerprint density at radius 2 is 1.74 bits per heavy atom. The van der Waals surface area contributed by atoms with E-state index in [9.17, 15) is 9.59 Å². The molecule has 2 aromatic carbocycles. The molecule has 0 saturated carbocycles. The molecule has 1 atom stereocenters. The summed E-state index contributed by atoms with van der Waals surface area (Å²) < 4.78 is 5.23. The Balaban J connectivity index is 1.77. The van der Waals surface area contributed by atoms with Crippen molar-refractivity contribution in [1.82, 2.24) is 20.2 Å². The highest BCUT2D eigenvalue weighted by molar-refractivity contribution is 6.27. The number of aromatic nitrogens is 1. The molecule has 3 heterocycles. The fraction of sp³-hybridized carbons (Fsp3) is 0.182. The highest BCUT2D eigenvalue weighted by atomic mass is 16.5. The number of ether oxygens (including phenoxy) is 1. The second-order valence-corrected chi connectivity index (χ2v) is 7.40. The molecule has 3 amide bonds. The van der Waals surface area contributed by atoms with Crippen molar-refractivity contribution in [3.63, 3.8) is 0 Å². The number of carbonyl (C=O) groups excluding carboxylic acids is 2. The number of rotatable bonds is 3. The number of hydrogen-bond acceptors (Lipinski definition) is 6. The summed E-state index contributed by atoms with van der Waals surface area (Å²) in [5.74, 6) is 0.880. The number of methoxy groups -OCH3 is 1. The number of carbonyl (C=O) groups is 2. The van der Waals surface area contributed by atoms with Crippen LogP contribution in [0, 0.1) is 0 Å². The fourth-order valence-electron chi connectivity index (χ4n) is 4.08. The Morgan fingerprint density at radius 3 is 2.48 bits per heavy atom. The first-order valence-corrected chi connectivity index (χ1v) is 9.68. The standard InChI is InChI=1S/C22H20N6O3/c1-27-19-22(20(29)28(2)21(27)30,16-12-23-17-7-5-4-6-15(16)17)24-18(25-26-19)13-8-10-14(31-3)11-9-13/h4-12,23H,1-3H3,(H,24,25). The predicted octanol–water partition coefficient (Wildman–Crippen LogP) is 2.26. The minimum Gasteiger partial charge on any atom is -0.497 e. The molecule has 9 nitrogen and oxygen atoms in total. The van der Waals surface area contributed by atoms with Crippen LogP contribution in [0.1, 0.15) is 11.1 Å². The van der Waals surface area contributed by atoms with Crippen molar-refractivity contribution in [3.05, 3.63) is 65.9 Å². The van der Waals surface area contributed by atoms with Crippen LogP contribution in [0.5, 0.6) is 5.75 Å². The molecule has 156 valence electrons. The Hall–Kier alpha value is -4.14. The summed E-state index contributed by atoms with van der Waals surface area (Å²) in [5.41, 5.74) is 3.63. The number of nitrogens with zero attached hydrogens (tertiary/aromatic N) is 4. The number of fused-ring (bicyclic) bond motifs is 2. The molecule has 0 aliphatic carbocycles. The molecule has 3 aromatic rings. The molecule has 1 unspecified atom stereocenters. The van der Waals surface area contributed by atoms with Gasteiger partial charge in [0.2, 0.25) is 5.54 Å². The van der Waals surface area contributed by atoms with E-state index in [2.05, 4.69) is 15.5 Å². The van der Waals surface area contributed by atoms with Gasteiger partial charge in [-0.2, -0.15) is 5.10 Å². The van der Waals surface area contributed by atoms with Gasteiger partial charge in [0.1, 0.15) is 5.75 Å². The Kier molecular flexibility index (Phi) is 4.07. The number of likely N-dealkylation sites (N-methyl/N-ethyl adjacent to an activating group) is 2. The molecule has 1 fully saturated rings. The van der Waals surface area contributed by atoms with Gasteiger partial charge in [0, 0.05) is 42.3 Å². The molecule has 1 aromatic heterocycles. The van der Waals surface area contributed by atoms with Crippen molar-refractivity contribution >= 4 is 34.5 Å².